The third-order valence-corrected chi connectivity index (χ3v) is 3.23. The van der Waals surface area contributed by atoms with Gasteiger partial charge in [0.05, 0.1) is 12.3 Å². The summed E-state index contributed by atoms with van der Waals surface area (Å²) >= 11 is 0. The van der Waals surface area contributed by atoms with Crippen LogP contribution in [-0.4, -0.2) is 11.7 Å². The number of benzene rings is 1. The van der Waals surface area contributed by atoms with Crippen LogP contribution in [0.1, 0.15) is 31.7 Å². The molecular weight excluding hydrogens is 260 g/mol. The first-order valence-corrected chi connectivity index (χ1v) is 7.30. The second-order valence-electron chi connectivity index (χ2n) is 4.85. The Hall–Kier alpha value is -2.31. The van der Waals surface area contributed by atoms with Crippen molar-refractivity contribution in [3.05, 3.63) is 65.4 Å². The summed E-state index contributed by atoms with van der Waals surface area (Å²) in [5.41, 5.74) is 3.03. The van der Waals surface area contributed by atoms with E-state index in [2.05, 4.69) is 37.4 Å². The van der Waals surface area contributed by atoms with Gasteiger partial charge in [0.25, 0.3) is 0 Å². The first-order chi connectivity index (χ1) is 10.3. The smallest absolute Gasteiger partial charge is 0.210 e. The summed E-state index contributed by atoms with van der Waals surface area (Å²) in [4.78, 5) is 5.57. The summed E-state index contributed by atoms with van der Waals surface area (Å²) in [6.45, 7) is 2.66. The number of nitrogens with zero attached hydrogens (tertiary/aromatic N) is 2. The van der Waals surface area contributed by atoms with E-state index < -0.39 is 0 Å². The van der Waals surface area contributed by atoms with Crippen LogP contribution >= 0.6 is 0 Å². The van der Waals surface area contributed by atoms with Crippen molar-refractivity contribution in [2.24, 2.45) is 0 Å². The lowest BCUT2D eigenvalue weighted by Gasteiger charge is -2.22. The summed E-state index contributed by atoms with van der Waals surface area (Å²) in [6.07, 6.45) is 13.0. The third kappa shape index (κ3) is 4.34. The highest BCUT2D eigenvalue weighted by molar-refractivity contribution is 5.60. The molecule has 0 aliphatic heterocycles. The lowest BCUT2D eigenvalue weighted by atomic mass is 10.0. The van der Waals surface area contributed by atoms with Gasteiger partial charge in [-0.15, -0.1) is 0 Å². The molecule has 0 fully saturated rings. The molecule has 0 aromatic heterocycles. The van der Waals surface area contributed by atoms with Crippen molar-refractivity contribution in [3.8, 4) is 6.19 Å². The van der Waals surface area contributed by atoms with Crippen LogP contribution < -0.4 is 0 Å². The Morgan fingerprint density at radius 2 is 2.14 bits per heavy atom. The molecule has 0 atom stereocenters. The molecule has 108 valence electrons. The fraction of sp³-hybridized carbons (Fsp3) is 0.278. The van der Waals surface area contributed by atoms with Gasteiger partial charge in [-0.1, -0.05) is 55.8 Å². The van der Waals surface area contributed by atoms with E-state index in [9.17, 15) is 5.26 Å². The Morgan fingerprint density at radius 3 is 2.86 bits per heavy atom. The van der Waals surface area contributed by atoms with Crippen molar-refractivity contribution in [3.63, 3.8) is 0 Å². The van der Waals surface area contributed by atoms with Gasteiger partial charge in [-0.05, 0) is 36.1 Å². The Morgan fingerprint density at radius 1 is 1.33 bits per heavy atom. The van der Waals surface area contributed by atoms with E-state index in [-0.39, 0.29) is 0 Å². The molecule has 1 aliphatic carbocycles. The molecule has 0 saturated heterocycles. The minimum Gasteiger partial charge on any atom is -0.259 e. The van der Waals surface area contributed by atoms with Crippen LogP contribution in [0, 0.1) is 11.5 Å². The number of hydrogen-bond acceptors (Lipinski definition) is 3. The first-order valence-electron chi connectivity index (χ1n) is 7.30. The van der Waals surface area contributed by atoms with Crippen molar-refractivity contribution in [2.75, 3.05) is 6.61 Å². The average Bonchev–Trinajstić information content (AvgIpc) is 2.54. The van der Waals surface area contributed by atoms with E-state index in [1.165, 1.54) is 5.06 Å². The van der Waals surface area contributed by atoms with Gasteiger partial charge in [0.1, 0.15) is 0 Å². The molecule has 0 radical (unpaired) electrons. The maximum absolute atomic E-state index is 9.32. The first kappa shape index (κ1) is 15.1. The molecule has 21 heavy (non-hydrogen) atoms. The topological polar surface area (TPSA) is 36.3 Å². The lowest BCUT2D eigenvalue weighted by molar-refractivity contribution is -0.0836. The fourth-order valence-corrected chi connectivity index (χ4v) is 2.10. The van der Waals surface area contributed by atoms with Crippen molar-refractivity contribution in [1.82, 2.24) is 5.06 Å². The molecule has 3 nitrogen and oxygen atoms in total. The number of nitriles is 1. The van der Waals surface area contributed by atoms with Gasteiger partial charge < -0.3 is 0 Å². The minimum absolute atomic E-state index is 0.559. The molecule has 0 heterocycles. The quantitative estimate of drug-likeness (QED) is 0.335. The summed E-state index contributed by atoms with van der Waals surface area (Å²) in [6, 6.07) is 10.1. The predicted molar refractivity (Wildman–Crippen MR) is 84.6 cm³/mol. The molecule has 0 N–H and O–H groups in total. The van der Waals surface area contributed by atoms with Crippen molar-refractivity contribution < 1.29 is 4.84 Å². The molecule has 0 amide bonds. The predicted octanol–water partition coefficient (Wildman–Crippen LogP) is 4.43. The summed E-state index contributed by atoms with van der Waals surface area (Å²) < 4.78 is 0. The highest BCUT2D eigenvalue weighted by Crippen LogP contribution is 2.25. The zero-order chi connectivity index (χ0) is 14.9. The van der Waals surface area contributed by atoms with Gasteiger partial charge in [0.15, 0.2) is 0 Å². The molecule has 0 spiro atoms. The van der Waals surface area contributed by atoms with Crippen molar-refractivity contribution in [1.29, 1.82) is 5.26 Å². The Kier molecular flexibility index (Phi) is 5.81. The SMILES string of the molecule is CCCCON(C#N)C1=CC=CCC1=Cc1ccccc1. The van der Waals surface area contributed by atoms with Gasteiger partial charge in [-0.2, -0.15) is 10.3 Å². The molecule has 0 bridgehead atoms. The minimum atomic E-state index is 0.559. The van der Waals surface area contributed by atoms with Crippen molar-refractivity contribution in [2.45, 2.75) is 26.2 Å². The van der Waals surface area contributed by atoms with Crippen LogP contribution in [0.25, 0.3) is 6.08 Å². The van der Waals surface area contributed by atoms with Crippen LogP contribution in [0.4, 0.5) is 0 Å². The molecule has 0 saturated carbocycles. The average molecular weight is 280 g/mol. The second-order valence-corrected chi connectivity index (χ2v) is 4.85. The van der Waals surface area contributed by atoms with E-state index in [4.69, 9.17) is 4.84 Å². The highest BCUT2D eigenvalue weighted by Gasteiger charge is 2.15. The number of hydrogen-bond donors (Lipinski definition) is 0. The van der Waals surface area contributed by atoms with E-state index in [0.717, 1.165) is 36.1 Å². The monoisotopic (exact) mass is 280 g/mol. The Labute approximate surface area is 126 Å². The molecule has 2 rings (SSSR count). The molecule has 0 unspecified atom stereocenters. The summed E-state index contributed by atoms with van der Waals surface area (Å²) in [5.74, 6) is 0. The van der Waals surface area contributed by atoms with E-state index in [1.807, 2.05) is 30.4 Å². The van der Waals surface area contributed by atoms with E-state index in [0.29, 0.717) is 6.61 Å². The zero-order valence-electron chi connectivity index (χ0n) is 12.3. The Bertz CT molecular complexity index is 579. The Balaban J connectivity index is 2.18. The maximum Gasteiger partial charge on any atom is 0.210 e. The fourth-order valence-electron chi connectivity index (χ4n) is 2.10. The maximum atomic E-state index is 9.32. The zero-order valence-corrected chi connectivity index (χ0v) is 12.3. The molecule has 3 heteroatoms. The van der Waals surface area contributed by atoms with Gasteiger partial charge in [-0.3, -0.25) is 4.84 Å². The van der Waals surface area contributed by atoms with Crippen LogP contribution in [0.2, 0.25) is 0 Å². The normalized spacial score (nSPS) is 15.6. The molecular formula is C18H20N2O. The molecule has 1 aromatic carbocycles. The third-order valence-electron chi connectivity index (χ3n) is 3.23. The van der Waals surface area contributed by atoms with Gasteiger partial charge in [0.2, 0.25) is 6.19 Å². The van der Waals surface area contributed by atoms with Gasteiger partial charge >= 0.3 is 0 Å². The van der Waals surface area contributed by atoms with Crippen LogP contribution in [-0.2, 0) is 4.84 Å². The summed E-state index contributed by atoms with van der Waals surface area (Å²) in [5, 5.41) is 10.6. The number of hydroxylamine groups is 2. The molecule has 1 aromatic rings. The van der Waals surface area contributed by atoms with E-state index in [1.54, 1.807) is 0 Å². The van der Waals surface area contributed by atoms with Crippen LogP contribution in [0.3, 0.4) is 0 Å². The van der Waals surface area contributed by atoms with Crippen LogP contribution in [0.15, 0.2) is 59.8 Å². The highest BCUT2D eigenvalue weighted by atomic mass is 16.7. The second kappa shape index (κ2) is 8.08. The number of rotatable bonds is 6. The largest absolute Gasteiger partial charge is 0.259 e. The van der Waals surface area contributed by atoms with Gasteiger partial charge in [0, 0.05) is 0 Å². The van der Waals surface area contributed by atoms with E-state index >= 15 is 0 Å². The lowest BCUT2D eigenvalue weighted by Crippen LogP contribution is -2.20. The summed E-state index contributed by atoms with van der Waals surface area (Å²) in [7, 11) is 0. The number of allylic oxidation sites excluding steroid dienone is 4. The standard InChI is InChI=1S/C18H20N2O/c1-2-3-13-21-20(15-19)18-12-8-7-11-17(18)14-16-9-5-4-6-10-16/h4-10,12,14H,2-3,11,13H2,1H3. The number of unbranched alkanes of at least 4 members (excludes halogenated alkanes) is 1. The van der Waals surface area contributed by atoms with Gasteiger partial charge in [-0.25, -0.2) is 0 Å². The van der Waals surface area contributed by atoms with Crippen LogP contribution in [0.5, 0.6) is 0 Å². The van der Waals surface area contributed by atoms with Crippen molar-refractivity contribution >= 4 is 6.08 Å². The molecule has 1 aliphatic rings.